The topological polar surface area (TPSA) is 55.6 Å². The third-order valence-electron chi connectivity index (χ3n) is 3.27. The van der Waals surface area contributed by atoms with Gasteiger partial charge in [0.15, 0.2) is 0 Å². The molecule has 1 fully saturated rings. The molecule has 0 radical (unpaired) electrons. The first kappa shape index (κ1) is 14.3. The van der Waals surface area contributed by atoms with Crippen molar-refractivity contribution in [3.05, 3.63) is 0 Å². The summed E-state index contributed by atoms with van der Waals surface area (Å²) in [7, 11) is 0. The van der Waals surface area contributed by atoms with Crippen molar-refractivity contribution in [3.8, 4) is 0 Å². The Bertz CT molecular complexity index is 261. The summed E-state index contributed by atoms with van der Waals surface area (Å²) in [5, 5.41) is 0. The lowest BCUT2D eigenvalue weighted by Crippen LogP contribution is -2.51. The minimum Gasteiger partial charge on any atom is -0.444 e. The Balaban J connectivity index is 2.70. The molecule has 2 unspecified atom stereocenters. The fraction of sp³-hybridized carbons (Fsp3) is 0.923. The molecule has 0 bridgehead atoms. The number of amides is 1. The zero-order valence-corrected chi connectivity index (χ0v) is 11.5. The summed E-state index contributed by atoms with van der Waals surface area (Å²) in [6, 6.07) is 0.239. The van der Waals surface area contributed by atoms with Gasteiger partial charge in [-0.05, 0) is 52.5 Å². The van der Waals surface area contributed by atoms with Crippen molar-refractivity contribution < 1.29 is 9.53 Å². The van der Waals surface area contributed by atoms with E-state index in [1.165, 1.54) is 0 Å². The number of nitrogens with zero attached hydrogens (tertiary/aromatic N) is 1. The van der Waals surface area contributed by atoms with Gasteiger partial charge in [0.1, 0.15) is 5.60 Å². The summed E-state index contributed by atoms with van der Waals surface area (Å²) in [5.74, 6) is 0.418. The molecule has 2 N–H and O–H groups in total. The molecular weight excluding hydrogens is 216 g/mol. The minimum atomic E-state index is -0.426. The highest BCUT2D eigenvalue weighted by Gasteiger charge is 2.34. The molecule has 0 aromatic carbocycles. The highest BCUT2D eigenvalue weighted by atomic mass is 16.6. The highest BCUT2D eigenvalue weighted by molar-refractivity contribution is 5.68. The average molecular weight is 242 g/mol. The molecule has 0 spiro atoms. The summed E-state index contributed by atoms with van der Waals surface area (Å²) in [4.78, 5) is 14.0. The Morgan fingerprint density at radius 3 is 2.59 bits per heavy atom. The number of rotatable bonds is 2. The van der Waals surface area contributed by atoms with E-state index in [2.05, 4.69) is 6.92 Å². The Kier molecular flexibility index (Phi) is 4.80. The lowest BCUT2D eigenvalue weighted by atomic mass is 9.88. The van der Waals surface area contributed by atoms with Crippen molar-refractivity contribution in [2.45, 2.75) is 58.6 Å². The number of hydrogen-bond acceptors (Lipinski definition) is 3. The van der Waals surface area contributed by atoms with E-state index in [0.29, 0.717) is 12.5 Å². The van der Waals surface area contributed by atoms with E-state index in [4.69, 9.17) is 10.5 Å². The van der Waals surface area contributed by atoms with E-state index in [-0.39, 0.29) is 12.1 Å². The van der Waals surface area contributed by atoms with Crippen LogP contribution in [0.1, 0.15) is 47.0 Å². The van der Waals surface area contributed by atoms with E-state index in [0.717, 1.165) is 25.8 Å². The molecule has 1 saturated heterocycles. The maximum atomic E-state index is 12.1. The van der Waals surface area contributed by atoms with Crippen molar-refractivity contribution in [1.29, 1.82) is 0 Å². The summed E-state index contributed by atoms with van der Waals surface area (Å²) in [6.07, 6.45) is 2.90. The molecular formula is C13H26N2O2. The first-order valence-corrected chi connectivity index (χ1v) is 6.58. The second-order valence-corrected chi connectivity index (χ2v) is 5.79. The molecule has 4 nitrogen and oxygen atoms in total. The van der Waals surface area contributed by atoms with Crippen LogP contribution in [0.4, 0.5) is 4.79 Å². The highest BCUT2D eigenvalue weighted by Crippen LogP contribution is 2.26. The zero-order chi connectivity index (χ0) is 13.1. The molecule has 0 aromatic heterocycles. The Morgan fingerprint density at radius 2 is 2.12 bits per heavy atom. The average Bonchev–Trinajstić information content (AvgIpc) is 2.25. The SMILES string of the molecule is CCC1C(CN)CCCN1C(=O)OC(C)(C)C. The summed E-state index contributed by atoms with van der Waals surface area (Å²) < 4.78 is 5.45. The first-order valence-electron chi connectivity index (χ1n) is 6.58. The van der Waals surface area contributed by atoms with Gasteiger partial charge in [0, 0.05) is 12.6 Å². The molecule has 4 heteroatoms. The van der Waals surface area contributed by atoms with Crippen LogP contribution in [0, 0.1) is 5.92 Å². The van der Waals surface area contributed by atoms with Gasteiger partial charge in [-0.3, -0.25) is 0 Å². The van der Waals surface area contributed by atoms with E-state index in [1.54, 1.807) is 0 Å². The fourth-order valence-corrected chi connectivity index (χ4v) is 2.51. The van der Waals surface area contributed by atoms with Crippen molar-refractivity contribution >= 4 is 6.09 Å². The van der Waals surface area contributed by atoms with Gasteiger partial charge < -0.3 is 15.4 Å². The van der Waals surface area contributed by atoms with E-state index in [9.17, 15) is 4.79 Å². The van der Waals surface area contributed by atoms with Crippen LogP contribution < -0.4 is 5.73 Å². The molecule has 1 amide bonds. The number of carbonyl (C=O) groups is 1. The first-order chi connectivity index (χ1) is 7.89. The lowest BCUT2D eigenvalue weighted by molar-refractivity contribution is 0.000233. The molecule has 1 rings (SSSR count). The molecule has 2 atom stereocenters. The van der Waals surface area contributed by atoms with Gasteiger partial charge in [-0.2, -0.15) is 0 Å². The number of nitrogens with two attached hydrogens (primary N) is 1. The van der Waals surface area contributed by atoms with Crippen LogP contribution in [0.2, 0.25) is 0 Å². The van der Waals surface area contributed by atoms with Crippen molar-refractivity contribution in [2.24, 2.45) is 11.7 Å². The monoisotopic (exact) mass is 242 g/mol. The van der Waals surface area contributed by atoms with Crippen LogP contribution in [-0.2, 0) is 4.74 Å². The third kappa shape index (κ3) is 3.87. The molecule has 0 aliphatic carbocycles. The van der Waals surface area contributed by atoms with E-state index >= 15 is 0 Å². The number of likely N-dealkylation sites (tertiary alicyclic amines) is 1. The predicted molar refractivity (Wildman–Crippen MR) is 68.8 cm³/mol. The molecule has 0 aromatic rings. The quantitative estimate of drug-likeness (QED) is 0.808. The van der Waals surface area contributed by atoms with Gasteiger partial charge in [-0.15, -0.1) is 0 Å². The Labute approximate surface area is 104 Å². The smallest absolute Gasteiger partial charge is 0.410 e. The second-order valence-electron chi connectivity index (χ2n) is 5.79. The van der Waals surface area contributed by atoms with E-state index < -0.39 is 5.60 Å². The summed E-state index contributed by atoms with van der Waals surface area (Å²) in [6.45, 7) is 9.25. The van der Waals surface area contributed by atoms with Gasteiger partial charge in [-0.1, -0.05) is 6.92 Å². The van der Waals surface area contributed by atoms with Crippen LogP contribution in [-0.4, -0.2) is 35.7 Å². The van der Waals surface area contributed by atoms with Gasteiger partial charge in [0.25, 0.3) is 0 Å². The van der Waals surface area contributed by atoms with Gasteiger partial charge >= 0.3 is 6.09 Å². The number of carbonyl (C=O) groups excluding carboxylic acids is 1. The molecule has 1 aliphatic heterocycles. The van der Waals surface area contributed by atoms with Crippen LogP contribution in [0.15, 0.2) is 0 Å². The Hall–Kier alpha value is -0.770. The largest absolute Gasteiger partial charge is 0.444 e. The van der Waals surface area contributed by atoms with Crippen molar-refractivity contribution in [2.75, 3.05) is 13.1 Å². The standard InChI is InChI=1S/C13H26N2O2/c1-5-11-10(9-14)7-6-8-15(11)12(16)17-13(2,3)4/h10-11H,5-9,14H2,1-4H3. The summed E-state index contributed by atoms with van der Waals surface area (Å²) >= 11 is 0. The molecule has 1 heterocycles. The Morgan fingerprint density at radius 1 is 1.47 bits per heavy atom. The van der Waals surface area contributed by atoms with Gasteiger partial charge in [-0.25, -0.2) is 4.79 Å². The van der Waals surface area contributed by atoms with Crippen LogP contribution in [0.25, 0.3) is 0 Å². The third-order valence-corrected chi connectivity index (χ3v) is 3.27. The number of ether oxygens (including phenoxy) is 1. The number of hydrogen-bond donors (Lipinski definition) is 1. The predicted octanol–water partition coefficient (Wildman–Crippen LogP) is 2.37. The van der Waals surface area contributed by atoms with Crippen molar-refractivity contribution in [3.63, 3.8) is 0 Å². The molecule has 17 heavy (non-hydrogen) atoms. The molecule has 1 aliphatic rings. The van der Waals surface area contributed by atoms with Crippen LogP contribution in [0.5, 0.6) is 0 Å². The normalized spacial score (nSPS) is 25.8. The van der Waals surface area contributed by atoms with Crippen LogP contribution >= 0.6 is 0 Å². The summed E-state index contributed by atoms with van der Waals surface area (Å²) in [5.41, 5.74) is 5.35. The maximum absolute atomic E-state index is 12.1. The fourth-order valence-electron chi connectivity index (χ4n) is 2.51. The number of piperidine rings is 1. The van der Waals surface area contributed by atoms with Crippen LogP contribution in [0.3, 0.4) is 0 Å². The van der Waals surface area contributed by atoms with Crippen molar-refractivity contribution in [1.82, 2.24) is 4.90 Å². The molecule has 0 saturated carbocycles. The van der Waals surface area contributed by atoms with Gasteiger partial charge in [0.2, 0.25) is 0 Å². The zero-order valence-electron chi connectivity index (χ0n) is 11.5. The molecule has 100 valence electrons. The minimum absolute atomic E-state index is 0.192. The lowest BCUT2D eigenvalue weighted by Gasteiger charge is -2.41. The van der Waals surface area contributed by atoms with Gasteiger partial charge in [0.05, 0.1) is 0 Å². The maximum Gasteiger partial charge on any atom is 0.410 e. The second kappa shape index (κ2) is 5.71. The van der Waals surface area contributed by atoms with E-state index in [1.807, 2.05) is 25.7 Å².